The van der Waals surface area contributed by atoms with Crippen molar-refractivity contribution in [2.75, 3.05) is 31.1 Å². The fourth-order valence-electron chi connectivity index (χ4n) is 4.05. The van der Waals surface area contributed by atoms with E-state index in [0.717, 1.165) is 24.2 Å². The van der Waals surface area contributed by atoms with Gasteiger partial charge in [0, 0.05) is 42.7 Å². The first-order valence-electron chi connectivity index (χ1n) is 11.4. The lowest BCUT2D eigenvalue weighted by Gasteiger charge is -2.27. The smallest absolute Gasteiger partial charge is 0.253 e. The predicted octanol–water partition coefficient (Wildman–Crippen LogP) is 5.47. The van der Waals surface area contributed by atoms with Gasteiger partial charge in [-0.1, -0.05) is 24.3 Å². The molecule has 2 heterocycles. The molecule has 5 nitrogen and oxygen atoms in total. The molecule has 0 saturated carbocycles. The molecule has 0 aliphatic carbocycles. The van der Waals surface area contributed by atoms with Gasteiger partial charge in [-0.05, 0) is 54.1 Å². The molecule has 1 fully saturated rings. The molecule has 0 atom stereocenters. The maximum absolute atomic E-state index is 14.8. The molecule has 0 bridgehead atoms. The van der Waals surface area contributed by atoms with Gasteiger partial charge in [-0.2, -0.15) is 0 Å². The van der Waals surface area contributed by atoms with E-state index >= 15 is 0 Å². The third-order valence-electron chi connectivity index (χ3n) is 5.95. The van der Waals surface area contributed by atoms with Crippen LogP contribution in [-0.2, 0) is 6.54 Å². The van der Waals surface area contributed by atoms with E-state index in [9.17, 15) is 13.6 Å². The number of rotatable bonds is 6. The van der Waals surface area contributed by atoms with Gasteiger partial charge in [-0.3, -0.25) is 4.79 Å². The first-order chi connectivity index (χ1) is 17.1. The average molecular weight is 491 g/mol. The highest BCUT2D eigenvalue weighted by Crippen LogP contribution is 2.34. The molecule has 1 aliphatic heterocycles. The normalized spacial score (nSPS) is 13.6. The molecule has 3 aromatic carbocycles. The van der Waals surface area contributed by atoms with Crippen LogP contribution in [0, 0.1) is 11.6 Å². The molecule has 8 heteroatoms. The number of carbonyl (C=O) groups excluding carboxylic acids is 1. The standard InChI is InChI=1S/C27H24F2N4OS/c28-22-11-9-20(10-12-22)24-18-35-27(31-24)33(25-4-2-1-3-23(25)29)17-19-5-7-21(8-6-19)26(34)32-15-13-30-14-16-32/h1-12,18,30H,13-17H2. The van der Waals surface area contributed by atoms with Crippen LogP contribution in [0.5, 0.6) is 0 Å². The summed E-state index contributed by atoms with van der Waals surface area (Å²) >= 11 is 1.39. The van der Waals surface area contributed by atoms with Gasteiger partial charge in [0.25, 0.3) is 5.91 Å². The SMILES string of the molecule is O=C(c1ccc(CN(c2nc(-c3ccc(F)cc3)cs2)c2ccccc2F)cc1)N1CCNCC1. The maximum atomic E-state index is 14.8. The summed E-state index contributed by atoms with van der Waals surface area (Å²) in [5.41, 5.74) is 3.46. The Bertz CT molecular complexity index is 1300. The molecule has 1 aliphatic rings. The van der Waals surface area contributed by atoms with Gasteiger partial charge in [0.05, 0.1) is 17.9 Å². The van der Waals surface area contributed by atoms with Gasteiger partial charge in [0.1, 0.15) is 11.6 Å². The molecular formula is C27H24F2N4OS. The first kappa shape index (κ1) is 23.1. The van der Waals surface area contributed by atoms with Crippen molar-refractivity contribution in [2.45, 2.75) is 6.54 Å². The Morgan fingerprint density at radius 3 is 2.40 bits per heavy atom. The number of hydrogen-bond acceptors (Lipinski definition) is 5. The number of benzene rings is 3. The Morgan fingerprint density at radius 2 is 1.69 bits per heavy atom. The molecule has 5 rings (SSSR count). The van der Waals surface area contributed by atoms with Crippen LogP contribution in [0.25, 0.3) is 11.3 Å². The van der Waals surface area contributed by atoms with Crippen LogP contribution in [-0.4, -0.2) is 42.0 Å². The number of carbonyl (C=O) groups is 1. The fraction of sp³-hybridized carbons (Fsp3) is 0.185. The van der Waals surface area contributed by atoms with E-state index in [0.29, 0.717) is 41.7 Å². The number of para-hydroxylation sites is 1. The summed E-state index contributed by atoms with van der Waals surface area (Å²) in [7, 11) is 0. The number of halogens is 2. The number of nitrogens with one attached hydrogen (secondary N) is 1. The molecule has 1 amide bonds. The lowest BCUT2D eigenvalue weighted by molar-refractivity contribution is 0.0736. The van der Waals surface area contributed by atoms with Crippen LogP contribution >= 0.6 is 11.3 Å². The quantitative estimate of drug-likeness (QED) is 0.389. The van der Waals surface area contributed by atoms with Gasteiger partial charge >= 0.3 is 0 Å². The van der Waals surface area contributed by atoms with Crippen LogP contribution < -0.4 is 10.2 Å². The molecule has 178 valence electrons. The van der Waals surface area contributed by atoms with Crippen molar-refractivity contribution < 1.29 is 13.6 Å². The number of nitrogens with zero attached hydrogens (tertiary/aromatic N) is 3. The summed E-state index contributed by atoms with van der Waals surface area (Å²) in [5.74, 6) is -0.638. The van der Waals surface area contributed by atoms with Crippen LogP contribution in [0.4, 0.5) is 19.6 Å². The summed E-state index contributed by atoms with van der Waals surface area (Å²) in [6.45, 7) is 3.37. The molecule has 0 unspecified atom stereocenters. The summed E-state index contributed by atoms with van der Waals surface area (Å²) < 4.78 is 28.2. The Balaban J connectivity index is 1.41. The Hall–Kier alpha value is -3.62. The minimum atomic E-state index is -0.350. The number of hydrogen-bond donors (Lipinski definition) is 1. The molecule has 1 aromatic heterocycles. The zero-order valence-corrected chi connectivity index (χ0v) is 19.8. The van der Waals surface area contributed by atoms with Gasteiger partial charge in [-0.15, -0.1) is 11.3 Å². The van der Waals surface area contributed by atoms with Crippen LogP contribution in [0.2, 0.25) is 0 Å². The van der Waals surface area contributed by atoms with E-state index in [1.54, 1.807) is 30.3 Å². The highest BCUT2D eigenvalue weighted by molar-refractivity contribution is 7.14. The van der Waals surface area contributed by atoms with Gasteiger partial charge in [0.2, 0.25) is 0 Å². The summed E-state index contributed by atoms with van der Waals surface area (Å²) in [6.07, 6.45) is 0. The highest BCUT2D eigenvalue weighted by Gasteiger charge is 2.20. The van der Waals surface area contributed by atoms with Crippen molar-refractivity contribution in [3.05, 3.63) is 101 Å². The molecule has 35 heavy (non-hydrogen) atoms. The Morgan fingerprint density at radius 1 is 0.971 bits per heavy atom. The maximum Gasteiger partial charge on any atom is 0.253 e. The average Bonchev–Trinajstić information content (AvgIpc) is 3.39. The van der Waals surface area contributed by atoms with E-state index < -0.39 is 0 Å². The van der Waals surface area contributed by atoms with Gasteiger partial charge in [0.15, 0.2) is 5.13 Å². The van der Waals surface area contributed by atoms with E-state index in [-0.39, 0.29) is 17.5 Å². The lowest BCUT2D eigenvalue weighted by Crippen LogP contribution is -2.46. The van der Waals surface area contributed by atoms with E-state index in [4.69, 9.17) is 4.98 Å². The summed E-state index contributed by atoms with van der Waals surface area (Å²) in [6, 6.07) is 20.2. The number of thiazole rings is 1. The largest absolute Gasteiger partial charge is 0.336 e. The van der Waals surface area contributed by atoms with Crippen molar-refractivity contribution in [1.82, 2.24) is 15.2 Å². The van der Waals surface area contributed by atoms with Crippen molar-refractivity contribution >= 4 is 28.1 Å². The minimum absolute atomic E-state index is 0.0212. The van der Waals surface area contributed by atoms with Crippen LogP contribution in [0.3, 0.4) is 0 Å². The zero-order chi connectivity index (χ0) is 24.2. The van der Waals surface area contributed by atoms with Crippen molar-refractivity contribution in [3.63, 3.8) is 0 Å². The molecular weight excluding hydrogens is 466 g/mol. The number of anilines is 2. The van der Waals surface area contributed by atoms with Crippen molar-refractivity contribution in [1.29, 1.82) is 0 Å². The summed E-state index contributed by atoms with van der Waals surface area (Å²) in [5, 5.41) is 5.75. The monoisotopic (exact) mass is 490 g/mol. The van der Waals surface area contributed by atoms with Crippen molar-refractivity contribution in [3.8, 4) is 11.3 Å². The Labute approximate surface area is 206 Å². The Kier molecular flexibility index (Phi) is 6.83. The second-order valence-corrected chi connectivity index (χ2v) is 9.14. The molecule has 1 N–H and O–H groups in total. The van der Waals surface area contributed by atoms with E-state index in [1.807, 2.05) is 39.4 Å². The number of amides is 1. The molecule has 4 aromatic rings. The van der Waals surface area contributed by atoms with Gasteiger partial charge < -0.3 is 15.1 Å². The predicted molar refractivity (Wildman–Crippen MR) is 135 cm³/mol. The molecule has 0 radical (unpaired) electrons. The first-order valence-corrected chi connectivity index (χ1v) is 12.3. The fourth-order valence-corrected chi connectivity index (χ4v) is 4.90. The van der Waals surface area contributed by atoms with Crippen molar-refractivity contribution in [2.24, 2.45) is 0 Å². The number of aromatic nitrogens is 1. The highest BCUT2D eigenvalue weighted by atomic mass is 32.1. The van der Waals surface area contributed by atoms with Crippen LogP contribution in [0.15, 0.2) is 78.2 Å². The topological polar surface area (TPSA) is 48.5 Å². The third kappa shape index (κ3) is 5.23. The molecule has 0 spiro atoms. The lowest BCUT2D eigenvalue weighted by atomic mass is 10.1. The second-order valence-electron chi connectivity index (χ2n) is 8.30. The number of piperazine rings is 1. The van der Waals surface area contributed by atoms with Gasteiger partial charge in [-0.25, -0.2) is 13.8 Å². The zero-order valence-electron chi connectivity index (χ0n) is 19.0. The summed E-state index contributed by atoms with van der Waals surface area (Å²) in [4.78, 5) is 21.2. The minimum Gasteiger partial charge on any atom is -0.336 e. The van der Waals surface area contributed by atoms with E-state index in [1.165, 1.54) is 29.5 Å². The third-order valence-corrected chi connectivity index (χ3v) is 6.82. The second kappa shape index (κ2) is 10.3. The van der Waals surface area contributed by atoms with Crippen LogP contribution in [0.1, 0.15) is 15.9 Å². The molecule has 1 saturated heterocycles. The van der Waals surface area contributed by atoms with E-state index in [2.05, 4.69) is 5.32 Å².